The number of nitrogen functional groups attached to an aromatic ring is 1. The maximum atomic E-state index is 12.2. The van der Waals surface area contributed by atoms with Crippen molar-refractivity contribution in [2.24, 2.45) is 7.05 Å². The van der Waals surface area contributed by atoms with E-state index in [1.165, 1.54) is 0 Å². The Kier molecular flexibility index (Phi) is 3.95. The van der Waals surface area contributed by atoms with E-state index in [4.69, 9.17) is 5.73 Å². The average molecular weight is 322 g/mol. The molecule has 1 aromatic heterocycles. The Labute approximate surface area is 120 Å². The molecule has 100 valence electrons. The number of amides is 1. The van der Waals surface area contributed by atoms with E-state index in [0.717, 1.165) is 10.0 Å². The molecule has 1 aromatic carbocycles. The number of hydrogen-bond donors (Lipinski definition) is 2. The predicted molar refractivity (Wildman–Crippen MR) is 79.8 cm³/mol. The molecular weight excluding hydrogens is 306 g/mol. The van der Waals surface area contributed by atoms with Crippen LogP contribution in [0, 0.1) is 0 Å². The number of carbonyl (C=O) groups excluding carboxylic acids is 1. The average Bonchev–Trinajstić information content (AvgIpc) is 2.69. The number of halogens is 1. The summed E-state index contributed by atoms with van der Waals surface area (Å²) in [5, 5.41) is 2.96. The van der Waals surface area contributed by atoms with Gasteiger partial charge in [-0.1, -0.05) is 12.1 Å². The number of benzene rings is 1. The SMILES string of the molecule is CC(NC(=O)c1cc(Br)cn1C)c1ccc(N)cc1. The van der Waals surface area contributed by atoms with Crippen molar-refractivity contribution in [2.75, 3.05) is 5.73 Å². The summed E-state index contributed by atoms with van der Waals surface area (Å²) in [6.07, 6.45) is 1.85. The molecule has 2 aromatic rings. The number of aromatic nitrogens is 1. The van der Waals surface area contributed by atoms with E-state index >= 15 is 0 Å². The molecule has 0 radical (unpaired) electrons. The molecule has 3 N–H and O–H groups in total. The summed E-state index contributed by atoms with van der Waals surface area (Å²) >= 11 is 3.36. The highest BCUT2D eigenvalue weighted by Crippen LogP contribution is 2.17. The van der Waals surface area contributed by atoms with Crippen LogP contribution in [0.15, 0.2) is 41.0 Å². The molecular formula is C14H16BrN3O. The van der Waals surface area contributed by atoms with Crippen molar-refractivity contribution in [3.63, 3.8) is 0 Å². The Morgan fingerprint density at radius 3 is 2.53 bits per heavy atom. The van der Waals surface area contributed by atoms with E-state index in [1.54, 1.807) is 10.6 Å². The standard InChI is InChI=1S/C14H16BrN3O/c1-9(10-3-5-12(16)6-4-10)17-14(19)13-7-11(15)8-18(13)2/h3-9H,16H2,1-2H3,(H,17,19). The zero-order valence-electron chi connectivity index (χ0n) is 10.9. The highest BCUT2D eigenvalue weighted by molar-refractivity contribution is 9.10. The van der Waals surface area contributed by atoms with Crippen molar-refractivity contribution in [2.45, 2.75) is 13.0 Å². The van der Waals surface area contributed by atoms with Crippen molar-refractivity contribution in [1.29, 1.82) is 0 Å². The number of carbonyl (C=O) groups is 1. The highest BCUT2D eigenvalue weighted by Gasteiger charge is 2.14. The first-order chi connectivity index (χ1) is 8.97. The lowest BCUT2D eigenvalue weighted by Crippen LogP contribution is -2.28. The van der Waals surface area contributed by atoms with Gasteiger partial charge in [-0.05, 0) is 46.6 Å². The van der Waals surface area contributed by atoms with Crippen molar-refractivity contribution in [3.05, 3.63) is 52.3 Å². The number of aryl methyl sites for hydroxylation is 1. The van der Waals surface area contributed by atoms with Crippen LogP contribution < -0.4 is 11.1 Å². The molecule has 0 aliphatic rings. The molecule has 4 nitrogen and oxygen atoms in total. The number of anilines is 1. The summed E-state index contributed by atoms with van der Waals surface area (Å²) in [6, 6.07) is 9.23. The quantitative estimate of drug-likeness (QED) is 0.854. The summed E-state index contributed by atoms with van der Waals surface area (Å²) < 4.78 is 2.68. The molecule has 1 heterocycles. The van der Waals surface area contributed by atoms with Gasteiger partial charge in [0.2, 0.25) is 0 Å². The summed E-state index contributed by atoms with van der Waals surface area (Å²) in [4.78, 5) is 12.2. The maximum absolute atomic E-state index is 12.2. The fraction of sp³-hybridized carbons (Fsp3) is 0.214. The Bertz CT molecular complexity index is 589. The van der Waals surface area contributed by atoms with E-state index in [2.05, 4.69) is 21.2 Å². The van der Waals surface area contributed by atoms with Gasteiger partial charge in [0, 0.05) is 23.4 Å². The molecule has 5 heteroatoms. The third-order valence-electron chi connectivity index (χ3n) is 2.99. The second-order valence-electron chi connectivity index (χ2n) is 4.52. The van der Waals surface area contributed by atoms with Crippen molar-refractivity contribution in [1.82, 2.24) is 9.88 Å². The van der Waals surface area contributed by atoms with Gasteiger partial charge < -0.3 is 15.6 Å². The van der Waals surface area contributed by atoms with Crippen molar-refractivity contribution in [3.8, 4) is 0 Å². The molecule has 0 saturated carbocycles. The van der Waals surface area contributed by atoms with Crippen molar-refractivity contribution >= 4 is 27.5 Å². The van der Waals surface area contributed by atoms with Crippen LogP contribution in [0.5, 0.6) is 0 Å². The molecule has 2 rings (SSSR count). The smallest absolute Gasteiger partial charge is 0.268 e. The molecule has 0 bridgehead atoms. The van der Waals surface area contributed by atoms with Crippen LogP contribution in [0.1, 0.15) is 29.0 Å². The molecule has 0 spiro atoms. The molecule has 0 fully saturated rings. The zero-order valence-corrected chi connectivity index (χ0v) is 12.4. The molecule has 0 aliphatic carbocycles. The lowest BCUT2D eigenvalue weighted by molar-refractivity contribution is 0.0931. The Morgan fingerprint density at radius 1 is 1.37 bits per heavy atom. The summed E-state index contributed by atoms with van der Waals surface area (Å²) in [7, 11) is 1.84. The number of nitrogens with zero attached hydrogens (tertiary/aromatic N) is 1. The minimum Gasteiger partial charge on any atom is -0.399 e. The predicted octanol–water partition coefficient (Wildman–Crippen LogP) is 2.86. The minimum absolute atomic E-state index is 0.0678. The summed E-state index contributed by atoms with van der Waals surface area (Å²) in [6.45, 7) is 1.95. The van der Waals surface area contributed by atoms with Crippen LogP contribution in [0.2, 0.25) is 0 Å². The molecule has 0 aliphatic heterocycles. The van der Waals surface area contributed by atoms with Crippen LogP contribution in [-0.2, 0) is 7.05 Å². The topological polar surface area (TPSA) is 60.0 Å². The van der Waals surface area contributed by atoms with Crippen LogP contribution in [-0.4, -0.2) is 10.5 Å². The minimum atomic E-state index is -0.0995. The fourth-order valence-electron chi connectivity index (χ4n) is 1.89. The van der Waals surface area contributed by atoms with Gasteiger partial charge in [0.15, 0.2) is 0 Å². The number of rotatable bonds is 3. The van der Waals surface area contributed by atoms with E-state index in [-0.39, 0.29) is 11.9 Å². The van der Waals surface area contributed by atoms with Gasteiger partial charge >= 0.3 is 0 Å². The van der Waals surface area contributed by atoms with Gasteiger partial charge in [0.25, 0.3) is 5.91 Å². The first-order valence-corrected chi connectivity index (χ1v) is 6.75. The summed E-state index contributed by atoms with van der Waals surface area (Å²) in [5.74, 6) is -0.0995. The second-order valence-corrected chi connectivity index (χ2v) is 5.43. The van der Waals surface area contributed by atoms with Gasteiger partial charge in [-0.15, -0.1) is 0 Å². The van der Waals surface area contributed by atoms with Gasteiger partial charge in [-0.2, -0.15) is 0 Å². The lowest BCUT2D eigenvalue weighted by atomic mass is 10.1. The number of nitrogens with one attached hydrogen (secondary N) is 1. The number of hydrogen-bond acceptors (Lipinski definition) is 2. The zero-order chi connectivity index (χ0) is 14.0. The van der Waals surface area contributed by atoms with E-state index in [0.29, 0.717) is 11.4 Å². The molecule has 19 heavy (non-hydrogen) atoms. The fourth-order valence-corrected chi connectivity index (χ4v) is 2.41. The Hall–Kier alpha value is -1.75. The maximum Gasteiger partial charge on any atom is 0.268 e. The van der Waals surface area contributed by atoms with Gasteiger partial charge in [0.05, 0.1) is 6.04 Å². The Balaban J connectivity index is 2.10. The van der Waals surface area contributed by atoms with Gasteiger partial charge in [0.1, 0.15) is 5.69 Å². The first kappa shape index (κ1) is 13.7. The molecule has 1 unspecified atom stereocenters. The lowest BCUT2D eigenvalue weighted by Gasteiger charge is -2.14. The highest BCUT2D eigenvalue weighted by atomic mass is 79.9. The summed E-state index contributed by atoms with van der Waals surface area (Å²) in [5.41, 5.74) is 8.01. The third kappa shape index (κ3) is 3.17. The van der Waals surface area contributed by atoms with Gasteiger partial charge in [-0.3, -0.25) is 4.79 Å². The van der Waals surface area contributed by atoms with Gasteiger partial charge in [-0.25, -0.2) is 0 Å². The number of nitrogens with two attached hydrogens (primary N) is 1. The Morgan fingerprint density at radius 2 is 2.00 bits per heavy atom. The van der Waals surface area contributed by atoms with Crippen LogP contribution in [0.3, 0.4) is 0 Å². The first-order valence-electron chi connectivity index (χ1n) is 5.95. The monoisotopic (exact) mass is 321 g/mol. The third-order valence-corrected chi connectivity index (χ3v) is 3.42. The molecule has 1 atom stereocenters. The second kappa shape index (κ2) is 5.48. The van der Waals surface area contributed by atoms with E-state index in [1.807, 2.05) is 44.4 Å². The molecule has 1 amide bonds. The molecule has 0 saturated heterocycles. The van der Waals surface area contributed by atoms with Crippen LogP contribution >= 0.6 is 15.9 Å². The van der Waals surface area contributed by atoms with E-state index < -0.39 is 0 Å². The largest absolute Gasteiger partial charge is 0.399 e. The van der Waals surface area contributed by atoms with Crippen LogP contribution in [0.4, 0.5) is 5.69 Å². The van der Waals surface area contributed by atoms with E-state index in [9.17, 15) is 4.79 Å². The normalized spacial score (nSPS) is 12.2. The van der Waals surface area contributed by atoms with Crippen molar-refractivity contribution < 1.29 is 4.79 Å². The van der Waals surface area contributed by atoms with Crippen LogP contribution in [0.25, 0.3) is 0 Å².